The molecular weight excluding hydrogens is 266 g/mol. The minimum atomic E-state index is 0.219. The molecule has 118 valence electrons. The second kappa shape index (κ2) is 6.75. The van der Waals surface area contributed by atoms with Crippen LogP contribution in [0.2, 0.25) is 0 Å². The fourth-order valence-electron chi connectivity index (χ4n) is 3.15. The molecule has 2 aliphatic heterocycles. The molecule has 3 unspecified atom stereocenters. The Morgan fingerprint density at radius 1 is 1.38 bits per heavy atom. The highest BCUT2D eigenvalue weighted by Gasteiger charge is 2.25. The molecule has 3 atom stereocenters. The summed E-state index contributed by atoms with van der Waals surface area (Å²) in [5.41, 5.74) is 6.15. The zero-order chi connectivity index (χ0) is 14.7. The van der Waals surface area contributed by atoms with E-state index in [-0.39, 0.29) is 6.04 Å². The van der Waals surface area contributed by atoms with Crippen LogP contribution in [0.25, 0.3) is 0 Å². The van der Waals surface area contributed by atoms with Gasteiger partial charge in [0.05, 0.1) is 6.10 Å². The van der Waals surface area contributed by atoms with Crippen molar-refractivity contribution in [2.24, 2.45) is 11.7 Å². The van der Waals surface area contributed by atoms with Gasteiger partial charge in [-0.25, -0.2) is 0 Å². The van der Waals surface area contributed by atoms with E-state index in [0.717, 1.165) is 50.7 Å². The molecule has 6 nitrogen and oxygen atoms in total. The summed E-state index contributed by atoms with van der Waals surface area (Å²) in [5, 5.41) is 7.43. The number of nitrogens with one attached hydrogen (secondary N) is 1. The smallest absolute Gasteiger partial charge is 0.244 e. The second-order valence-corrected chi connectivity index (χ2v) is 6.49. The van der Waals surface area contributed by atoms with E-state index in [1.165, 1.54) is 19.3 Å². The van der Waals surface area contributed by atoms with Gasteiger partial charge in [-0.15, -0.1) is 5.10 Å². The summed E-state index contributed by atoms with van der Waals surface area (Å²) < 4.78 is 5.76. The fraction of sp³-hybridized carbons (Fsp3) is 0.867. The first-order chi connectivity index (χ1) is 10.2. The highest BCUT2D eigenvalue weighted by Crippen LogP contribution is 2.20. The highest BCUT2D eigenvalue weighted by atomic mass is 16.5. The van der Waals surface area contributed by atoms with E-state index < -0.39 is 0 Å². The Kier molecular flexibility index (Phi) is 4.75. The Morgan fingerprint density at radius 2 is 2.29 bits per heavy atom. The van der Waals surface area contributed by atoms with Gasteiger partial charge in [0.25, 0.3) is 0 Å². The average molecular weight is 293 g/mol. The molecule has 0 aromatic carbocycles. The van der Waals surface area contributed by atoms with E-state index in [2.05, 4.69) is 27.0 Å². The van der Waals surface area contributed by atoms with Crippen molar-refractivity contribution in [2.45, 2.75) is 57.6 Å². The van der Waals surface area contributed by atoms with Crippen LogP contribution < -0.4 is 10.6 Å². The molecule has 0 bridgehead atoms. The van der Waals surface area contributed by atoms with Gasteiger partial charge >= 0.3 is 0 Å². The van der Waals surface area contributed by atoms with Gasteiger partial charge in [-0.3, -0.25) is 5.10 Å². The third-order valence-electron chi connectivity index (χ3n) is 4.80. The molecule has 0 saturated carbocycles. The van der Waals surface area contributed by atoms with Crippen molar-refractivity contribution < 1.29 is 4.74 Å². The zero-order valence-corrected chi connectivity index (χ0v) is 12.9. The van der Waals surface area contributed by atoms with Crippen LogP contribution in [0.1, 0.15) is 44.9 Å². The molecule has 2 fully saturated rings. The van der Waals surface area contributed by atoms with E-state index in [0.29, 0.717) is 12.0 Å². The zero-order valence-electron chi connectivity index (χ0n) is 12.9. The van der Waals surface area contributed by atoms with E-state index in [1.54, 1.807) is 0 Å². The number of aryl methyl sites for hydroxylation is 1. The second-order valence-electron chi connectivity index (χ2n) is 6.49. The predicted molar refractivity (Wildman–Crippen MR) is 82.3 cm³/mol. The third kappa shape index (κ3) is 3.74. The Labute approximate surface area is 126 Å². The minimum absolute atomic E-state index is 0.219. The summed E-state index contributed by atoms with van der Waals surface area (Å²) in [4.78, 5) is 6.82. The Morgan fingerprint density at radius 3 is 3.05 bits per heavy atom. The molecular formula is C15H27N5O. The topological polar surface area (TPSA) is 80.1 Å². The van der Waals surface area contributed by atoms with Gasteiger partial charge in [0.2, 0.25) is 5.95 Å². The Bertz CT molecular complexity index is 443. The van der Waals surface area contributed by atoms with Crippen molar-refractivity contribution in [3.63, 3.8) is 0 Å². The number of hydrogen-bond donors (Lipinski definition) is 2. The van der Waals surface area contributed by atoms with Crippen LogP contribution in [0.5, 0.6) is 0 Å². The normalized spacial score (nSPS) is 30.6. The first kappa shape index (κ1) is 14.8. The molecule has 0 amide bonds. The van der Waals surface area contributed by atoms with E-state index in [1.807, 2.05) is 0 Å². The molecule has 0 radical (unpaired) electrons. The van der Waals surface area contributed by atoms with Gasteiger partial charge in [-0.1, -0.05) is 6.92 Å². The van der Waals surface area contributed by atoms with Gasteiger partial charge in [-0.2, -0.15) is 4.98 Å². The number of aromatic nitrogens is 3. The maximum atomic E-state index is 6.15. The molecule has 1 aromatic heterocycles. The maximum Gasteiger partial charge on any atom is 0.244 e. The number of nitrogens with zero attached hydrogens (tertiary/aromatic N) is 3. The fourth-order valence-corrected chi connectivity index (χ4v) is 3.15. The molecule has 0 aliphatic carbocycles. The van der Waals surface area contributed by atoms with Crippen molar-refractivity contribution in [2.75, 3.05) is 24.6 Å². The number of piperidine rings is 1. The van der Waals surface area contributed by atoms with E-state index >= 15 is 0 Å². The van der Waals surface area contributed by atoms with Crippen molar-refractivity contribution in [1.29, 1.82) is 0 Å². The highest BCUT2D eigenvalue weighted by molar-refractivity contribution is 5.30. The molecule has 0 spiro atoms. The lowest BCUT2D eigenvalue weighted by molar-refractivity contribution is 0.0112. The van der Waals surface area contributed by atoms with Crippen LogP contribution in [-0.2, 0) is 11.2 Å². The van der Waals surface area contributed by atoms with Crippen molar-refractivity contribution >= 4 is 5.95 Å². The Balaban J connectivity index is 1.51. The van der Waals surface area contributed by atoms with Crippen molar-refractivity contribution in [3.05, 3.63) is 5.82 Å². The van der Waals surface area contributed by atoms with Crippen LogP contribution >= 0.6 is 0 Å². The van der Waals surface area contributed by atoms with Crippen LogP contribution in [0.3, 0.4) is 0 Å². The van der Waals surface area contributed by atoms with Crippen molar-refractivity contribution in [1.82, 2.24) is 15.2 Å². The quantitative estimate of drug-likeness (QED) is 0.879. The molecule has 6 heteroatoms. The third-order valence-corrected chi connectivity index (χ3v) is 4.80. The van der Waals surface area contributed by atoms with Gasteiger partial charge in [0.15, 0.2) is 0 Å². The molecule has 21 heavy (non-hydrogen) atoms. The summed E-state index contributed by atoms with van der Waals surface area (Å²) in [6, 6.07) is 0.219. The molecule has 3 rings (SSSR count). The lowest BCUT2D eigenvalue weighted by atomic mass is 9.95. The van der Waals surface area contributed by atoms with Crippen molar-refractivity contribution in [3.8, 4) is 0 Å². The van der Waals surface area contributed by atoms with Crippen LogP contribution in [0, 0.1) is 5.92 Å². The number of hydrogen-bond acceptors (Lipinski definition) is 5. The van der Waals surface area contributed by atoms with Crippen LogP contribution in [0.15, 0.2) is 0 Å². The monoisotopic (exact) mass is 293 g/mol. The SMILES string of the molecule is CC1CCN(c2n[nH]c(CCC3CCCCO3)n2)CC1N. The van der Waals surface area contributed by atoms with Gasteiger partial charge in [0, 0.05) is 32.2 Å². The van der Waals surface area contributed by atoms with Crippen LogP contribution in [0.4, 0.5) is 5.95 Å². The first-order valence-electron chi connectivity index (χ1n) is 8.26. The van der Waals surface area contributed by atoms with Crippen LogP contribution in [-0.4, -0.2) is 47.0 Å². The van der Waals surface area contributed by atoms with E-state index in [9.17, 15) is 0 Å². The number of ether oxygens (including phenoxy) is 1. The standard InChI is InChI=1S/C15H27N5O/c1-11-7-8-20(10-13(11)16)15-17-14(18-19-15)6-5-12-4-2-3-9-21-12/h11-13H,2-10,16H2,1H3,(H,17,18,19). The summed E-state index contributed by atoms with van der Waals surface area (Å²) in [5.74, 6) is 2.35. The summed E-state index contributed by atoms with van der Waals surface area (Å²) in [7, 11) is 0. The number of H-pyrrole nitrogens is 1. The van der Waals surface area contributed by atoms with Gasteiger partial charge < -0.3 is 15.4 Å². The number of anilines is 1. The van der Waals surface area contributed by atoms with E-state index in [4.69, 9.17) is 10.5 Å². The molecule has 2 aliphatic rings. The lowest BCUT2D eigenvalue weighted by Gasteiger charge is -2.34. The molecule has 1 aromatic rings. The number of nitrogens with two attached hydrogens (primary N) is 1. The molecule has 3 N–H and O–H groups in total. The summed E-state index contributed by atoms with van der Waals surface area (Å²) >= 11 is 0. The number of rotatable bonds is 4. The first-order valence-corrected chi connectivity index (χ1v) is 8.26. The molecule has 3 heterocycles. The van der Waals surface area contributed by atoms with Gasteiger partial charge in [0.1, 0.15) is 5.82 Å². The average Bonchev–Trinajstić information content (AvgIpc) is 2.98. The largest absolute Gasteiger partial charge is 0.378 e. The number of aromatic amines is 1. The predicted octanol–water partition coefficient (Wildman–Crippen LogP) is 1.48. The Hall–Kier alpha value is -1.14. The maximum absolute atomic E-state index is 6.15. The summed E-state index contributed by atoms with van der Waals surface area (Å²) in [6.45, 7) is 4.98. The minimum Gasteiger partial charge on any atom is -0.378 e. The lowest BCUT2D eigenvalue weighted by Crippen LogP contribution is -2.48. The van der Waals surface area contributed by atoms with Gasteiger partial charge in [-0.05, 0) is 38.0 Å². The summed E-state index contributed by atoms with van der Waals surface area (Å²) in [6.07, 6.45) is 7.13. The molecule has 2 saturated heterocycles.